The highest BCUT2D eigenvalue weighted by Gasteiger charge is 2.09. The maximum atomic E-state index is 4.66. The van der Waals surface area contributed by atoms with Crippen molar-refractivity contribution < 1.29 is 0 Å². The number of anilines is 2. The molecule has 4 rings (SSSR count). The summed E-state index contributed by atoms with van der Waals surface area (Å²) in [7, 11) is 0. The van der Waals surface area contributed by atoms with E-state index in [1.807, 2.05) is 55.5 Å². The summed E-state index contributed by atoms with van der Waals surface area (Å²) in [6, 6.07) is 15.7. The third-order valence-corrected chi connectivity index (χ3v) is 3.69. The Bertz CT molecular complexity index is 999. The molecular weight excluding hydrogens is 298 g/mol. The minimum Gasteiger partial charge on any atom is -0.355 e. The molecule has 4 aromatic rings. The Morgan fingerprint density at radius 3 is 2.54 bits per heavy atom. The van der Waals surface area contributed by atoms with E-state index in [9.17, 15) is 0 Å². The van der Waals surface area contributed by atoms with Crippen LogP contribution < -0.4 is 5.32 Å². The summed E-state index contributed by atoms with van der Waals surface area (Å²) in [6.45, 7) is 1.97. The van der Waals surface area contributed by atoms with E-state index in [0.717, 1.165) is 33.8 Å². The van der Waals surface area contributed by atoms with E-state index in [1.165, 1.54) is 0 Å². The van der Waals surface area contributed by atoms with Gasteiger partial charge in [0.05, 0.1) is 17.1 Å². The van der Waals surface area contributed by atoms with Gasteiger partial charge in [0.1, 0.15) is 0 Å². The van der Waals surface area contributed by atoms with Crippen LogP contribution in [0.4, 0.5) is 11.4 Å². The molecule has 24 heavy (non-hydrogen) atoms. The molecule has 0 bridgehead atoms. The highest BCUT2D eigenvalue weighted by atomic mass is 14.9. The first-order chi connectivity index (χ1) is 11.8. The topological polar surface area (TPSA) is 63.6 Å². The van der Waals surface area contributed by atoms with Crippen LogP contribution in [0.5, 0.6) is 0 Å². The predicted molar refractivity (Wildman–Crippen MR) is 95.0 cm³/mol. The molecule has 0 atom stereocenters. The first-order valence-corrected chi connectivity index (χ1v) is 7.66. The molecule has 0 saturated carbocycles. The van der Waals surface area contributed by atoms with Crippen LogP contribution in [0.3, 0.4) is 0 Å². The summed E-state index contributed by atoms with van der Waals surface area (Å²) < 4.78 is 0. The van der Waals surface area contributed by atoms with E-state index >= 15 is 0 Å². The maximum absolute atomic E-state index is 4.66. The molecule has 0 radical (unpaired) electrons. The molecule has 0 aliphatic carbocycles. The maximum Gasteiger partial charge on any atom is 0.161 e. The lowest BCUT2D eigenvalue weighted by Gasteiger charge is -2.11. The number of pyridine rings is 4. The van der Waals surface area contributed by atoms with E-state index in [0.29, 0.717) is 5.65 Å². The minimum atomic E-state index is 0.690. The van der Waals surface area contributed by atoms with Crippen molar-refractivity contribution in [2.24, 2.45) is 0 Å². The average Bonchev–Trinajstić information content (AvgIpc) is 2.62. The van der Waals surface area contributed by atoms with E-state index in [-0.39, 0.29) is 0 Å². The quantitative estimate of drug-likeness (QED) is 0.616. The fraction of sp³-hybridized carbons (Fsp3) is 0.0526. The standard InChI is InChI=1S/C19H15N5/c1-13-4-2-6-16(22-13)18-12-17(23-14-7-10-20-11-8-14)15-5-3-9-21-19(15)24-18/h2-12H,1H3,(H,20,21,23,24). The van der Waals surface area contributed by atoms with Gasteiger partial charge in [-0.3, -0.25) is 9.97 Å². The summed E-state index contributed by atoms with van der Waals surface area (Å²) in [5.74, 6) is 0. The molecule has 5 heteroatoms. The molecule has 0 aromatic carbocycles. The van der Waals surface area contributed by atoms with Crippen molar-refractivity contribution in [2.45, 2.75) is 6.92 Å². The average molecular weight is 313 g/mol. The molecule has 0 aliphatic rings. The van der Waals surface area contributed by atoms with Crippen LogP contribution in [-0.2, 0) is 0 Å². The molecule has 4 heterocycles. The van der Waals surface area contributed by atoms with Gasteiger partial charge in [0.2, 0.25) is 0 Å². The first-order valence-electron chi connectivity index (χ1n) is 7.66. The largest absolute Gasteiger partial charge is 0.355 e. The first kappa shape index (κ1) is 14.3. The minimum absolute atomic E-state index is 0.690. The number of aryl methyl sites for hydroxylation is 1. The fourth-order valence-corrected chi connectivity index (χ4v) is 2.57. The lowest BCUT2D eigenvalue weighted by Crippen LogP contribution is -1.97. The van der Waals surface area contributed by atoms with Crippen molar-refractivity contribution in [1.29, 1.82) is 0 Å². The monoisotopic (exact) mass is 313 g/mol. The van der Waals surface area contributed by atoms with Crippen molar-refractivity contribution >= 4 is 22.4 Å². The van der Waals surface area contributed by atoms with Gasteiger partial charge in [-0.05, 0) is 49.4 Å². The Labute approximate surface area is 139 Å². The molecule has 0 saturated heterocycles. The number of hydrogen-bond acceptors (Lipinski definition) is 5. The van der Waals surface area contributed by atoms with Gasteiger partial charge < -0.3 is 5.32 Å². The van der Waals surface area contributed by atoms with E-state index < -0.39 is 0 Å². The summed E-state index contributed by atoms with van der Waals surface area (Å²) >= 11 is 0. The summed E-state index contributed by atoms with van der Waals surface area (Å²) in [5, 5.41) is 4.39. The zero-order valence-corrected chi connectivity index (χ0v) is 13.1. The van der Waals surface area contributed by atoms with E-state index in [2.05, 4.69) is 25.3 Å². The van der Waals surface area contributed by atoms with Crippen LogP contribution in [0.25, 0.3) is 22.4 Å². The number of hydrogen-bond donors (Lipinski definition) is 1. The smallest absolute Gasteiger partial charge is 0.161 e. The molecule has 1 N–H and O–H groups in total. The lowest BCUT2D eigenvalue weighted by atomic mass is 10.1. The molecule has 4 aromatic heterocycles. The molecule has 5 nitrogen and oxygen atoms in total. The molecular formula is C19H15N5. The van der Waals surface area contributed by atoms with Gasteiger partial charge in [-0.15, -0.1) is 0 Å². The second kappa shape index (κ2) is 6.04. The van der Waals surface area contributed by atoms with Gasteiger partial charge in [-0.1, -0.05) is 6.07 Å². The Morgan fingerprint density at radius 2 is 1.71 bits per heavy atom. The van der Waals surface area contributed by atoms with Crippen molar-refractivity contribution in [3.8, 4) is 11.4 Å². The van der Waals surface area contributed by atoms with Gasteiger partial charge >= 0.3 is 0 Å². The number of nitrogens with one attached hydrogen (secondary N) is 1. The SMILES string of the molecule is Cc1cccc(-c2cc(Nc3ccncc3)c3cccnc3n2)n1. The van der Waals surface area contributed by atoms with E-state index in [4.69, 9.17) is 0 Å². The zero-order chi connectivity index (χ0) is 16.4. The van der Waals surface area contributed by atoms with E-state index in [1.54, 1.807) is 18.6 Å². The molecule has 116 valence electrons. The number of rotatable bonds is 3. The Kier molecular flexibility index (Phi) is 3.59. The third-order valence-electron chi connectivity index (χ3n) is 3.69. The Morgan fingerprint density at radius 1 is 0.833 bits per heavy atom. The van der Waals surface area contributed by atoms with Crippen molar-refractivity contribution in [3.05, 3.63) is 72.8 Å². The molecule has 0 unspecified atom stereocenters. The third kappa shape index (κ3) is 2.79. The predicted octanol–water partition coefficient (Wildman–Crippen LogP) is 4.14. The molecule has 0 aliphatic heterocycles. The second-order valence-corrected chi connectivity index (χ2v) is 5.45. The van der Waals surface area contributed by atoms with Crippen molar-refractivity contribution in [3.63, 3.8) is 0 Å². The van der Waals surface area contributed by atoms with Crippen LogP contribution in [0.2, 0.25) is 0 Å². The Hall–Kier alpha value is -3.34. The van der Waals surface area contributed by atoms with Crippen LogP contribution in [0, 0.1) is 6.92 Å². The summed E-state index contributed by atoms with van der Waals surface area (Å²) in [4.78, 5) is 17.7. The Balaban J connectivity index is 1.88. The number of nitrogens with zero attached hydrogens (tertiary/aromatic N) is 4. The van der Waals surface area contributed by atoms with Gasteiger partial charge in [-0.2, -0.15) is 0 Å². The highest BCUT2D eigenvalue weighted by molar-refractivity contribution is 5.93. The summed E-state index contributed by atoms with van der Waals surface area (Å²) in [5.41, 5.74) is 5.18. The van der Waals surface area contributed by atoms with Crippen LogP contribution in [0.1, 0.15) is 5.69 Å². The van der Waals surface area contributed by atoms with Gasteiger partial charge in [0.25, 0.3) is 0 Å². The molecule has 0 spiro atoms. The number of fused-ring (bicyclic) bond motifs is 1. The highest BCUT2D eigenvalue weighted by Crippen LogP contribution is 2.28. The van der Waals surface area contributed by atoms with Crippen LogP contribution in [0.15, 0.2) is 67.1 Å². The van der Waals surface area contributed by atoms with Gasteiger partial charge in [0, 0.05) is 35.4 Å². The molecule has 0 fully saturated rings. The fourth-order valence-electron chi connectivity index (χ4n) is 2.57. The molecule has 0 amide bonds. The number of aromatic nitrogens is 4. The van der Waals surface area contributed by atoms with Gasteiger partial charge in [0.15, 0.2) is 5.65 Å². The van der Waals surface area contributed by atoms with Crippen molar-refractivity contribution in [2.75, 3.05) is 5.32 Å². The van der Waals surface area contributed by atoms with Crippen LogP contribution >= 0.6 is 0 Å². The summed E-state index contributed by atoms with van der Waals surface area (Å²) in [6.07, 6.45) is 5.26. The lowest BCUT2D eigenvalue weighted by molar-refractivity contribution is 1.18. The normalized spacial score (nSPS) is 10.7. The zero-order valence-electron chi connectivity index (χ0n) is 13.1. The second-order valence-electron chi connectivity index (χ2n) is 5.45. The van der Waals surface area contributed by atoms with Crippen LogP contribution in [-0.4, -0.2) is 19.9 Å². The van der Waals surface area contributed by atoms with Crippen molar-refractivity contribution in [1.82, 2.24) is 19.9 Å². The van der Waals surface area contributed by atoms with Gasteiger partial charge in [-0.25, -0.2) is 9.97 Å².